The average molecular weight is 451 g/mol. The second-order valence-corrected chi connectivity index (χ2v) is 8.33. The van der Waals surface area contributed by atoms with E-state index < -0.39 is 5.41 Å². The highest BCUT2D eigenvalue weighted by Gasteiger charge is 2.48. The topological polar surface area (TPSA) is 27.7 Å². The molecule has 0 spiro atoms. The summed E-state index contributed by atoms with van der Waals surface area (Å²) in [5.74, 6) is 2.53. The van der Waals surface area contributed by atoms with E-state index in [1.807, 2.05) is 26.8 Å². The summed E-state index contributed by atoms with van der Waals surface area (Å²) in [6.45, 7) is 7.84. The number of rotatable bonds is 8. The normalized spacial score (nSPS) is 13.1. The zero-order chi connectivity index (χ0) is 23.5. The van der Waals surface area contributed by atoms with Gasteiger partial charge in [0.1, 0.15) is 17.2 Å². The fourth-order valence-electron chi connectivity index (χ4n) is 5.32. The third-order valence-corrected chi connectivity index (χ3v) is 6.47. The SMILES string of the molecule is CCOc1ccc2c(c1)-c1cc(OCC)cc(OCC)c1C2(c1ccccc1)c1ccccc1. The Labute approximate surface area is 201 Å². The van der Waals surface area contributed by atoms with Crippen LogP contribution in [0.3, 0.4) is 0 Å². The van der Waals surface area contributed by atoms with Crippen LogP contribution >= 0.6 is 0 Å². The lowest BCUT2D eigenvalue weighted by atomic mass is 9.67. The lowest BCUT2D eigenvalue weighted by Crippen LogP contribution is -2.29. The summed E-state index contributed by atoms with van der Waals surface area (Å²) in [7, 11) is 0. The van der Waals surface area contributed by atoms with Crippen LogP contribution < -0.4 is 14.2 Å². The molecule has 4 aromatic carbocycles. The van der Waals surface area contributed by atoms with Gasteiger partial charge in [0.2, 0.25) is 0 Å². The van der Waals surface area contributed by atoms with Gasteiger partial charge in [0.05, 0.1) is 25.2 Å². The maximum Gasteiger partial charge on any atom is 0.128 e. The lowest BCUT2D eigenvalue weighted by molar-refractivity contribution is 0.320. The molecule has 0 bridgehead atoms. The number of hydrogen-bond acceptors (Lipinski definition) is 3. The van der Waals surface area contributed by atoms with E-state index in [-0.39, 0.29) is 0 Å². The van der Waals surface area contributed by atoms with E-state index in [4.69, 9.17) is 14.2 Å². The first-order valence-electron chi connectivity index (χ1n) is 12.1. The molecule has 1 aliphatic carbocycles. The average Bonchev–Trinajstić information content (AvgIpc) is 3.17. The van der Waals surface area contributed by atoms with Crippen molar-refractivity contribution in [2.45, 2.75) is 26.2 Å². The van der Waals surface area contributed by atoms with Gasteiger partial charge in [-0.2, -0.15) is 0 Å². The Kier molecular flexibility index (Phi) is 6.02. The molecule has 0 atom stereocenters. The number of ether oxygens (including phenoxy) is 3. The van der Waals surface area contributed by atoms with Crippen LogP contribution in [0.4, 0.5) is 0 Å². The molecule has 0 heterocycles. The monoisotopic (exact) mass is 450 g/mol. The van der Waals surface area contributed by atoms with Crippen molar-refractivity contribution in [1.82, 2.24) is 0 Å². The van der Waals surface area contributed by atoms with Crippen molar-refractivity contribution in [2.75, 3.05) is 19.8 Å². The van der Waals surface area contributed by atoms with E-state index in [1.54, 1.807) is 0 Å². The first-order valence-corrected chi connectivity index (χ1v) is 12.1. The molecule has 0 radical (unpaired) electrons. The predicted molar refractivity (Wildman–Crippen MR) is 137 cm³/mol. The Morgan fingerprint density at radius 3 is 1.71 bits per heavy atom. The van der Waals surface area contributed by atoms with Crippen LogP contribution in [0.2, 0.25) is 0 Å². The van der Waals surface area contributed by atoms with E-state index in [9.17, 15) is 0 Å². The van der Waals surface area contributed by atoms with Gasteiger partial charge in [0.25, 0.3) is 0 Å². The second-order valence-electron chi connectivity index (χ2n) is 8.33. The molecule has 3 nitrogen and oxygen atoms in total. The second kappa shape index (κ2) is 9.26. The lowest BCUT2D eigenvalue weighted by Gasteiger charge is -2.35. The molecule has 0 saturated heterocycles. The van der Waals surface area contributed by atoms with Crippen molar-refractivity contribution in [2.24, 2.45) is 0 Å². The largest absolute Gasteiger partial charge is 0.494 e. The fraction of sp³-hybridized carbons (Fsp3) is 0.226. The van der Waals surface area contributed by atoms with Crippen LogP contribution in [0.15, 0.2) is 91.0 Å². The maximum absolute atomic E-state index is 6.33. The molecule has 4 aromatic rings. The molecule has 0 fully saturated rings. The number of hydrogen-bond donors (Lipinski definition) is 0. The Hall–Kier alpha value is -3.72. The van der Waals surface area contributed by atoms with Crippen LogP contribution in [0.1, 0.15) is 43.0 Å². The molecule has 0 saturated carbocycles. The van der Waals surface area contributed by atoms with E-state index in [0.717, 1.165) is 33.9 Å². The summed E-state index contributed by atoms with van der Waals surface area (Å²) in [6, 6.07) is 32.1. The van der Waals surface area contributed by atoms with Crippen molar-refractivity contribution in [3.05, 3.63) is 113 Å². The van der Waals surface area contributed by atoms with Gasteiger partial charge in [-0.15, -0.1) is 0 Å². The quantitative estimate of drug-likeness (QED) is 0.249. The van der Waals surface area contributed by atoms with Crippen molar-refractivity contribution < 1.29 is 14.2 Å². The van der Waals surface area contributed by atoms with Gasteiger partial charge in [0.15, 0.2) is 0 Å². The molecule has 0 aliphatic heterocycles. The Bertz CT molecular complexity index is 1240. The van der Waals surface area contributed by atoms with Crippen LogP contribution in [-0.4, -0.2) is 19.8 Å². The molecular weight excluding hydrogens is 420 g/mol. The van der Waals surface area contributed by atoms with Gasteiger partial charge in [-0.1, -0.05) is 66.7 Å². The standard InChI is InChI=1S/C31H30O3/c1-4-32-24-17-18-28-26(19-24)27-20-25(33-5-2)21-29(34-6-3)30(27)31(28,22-13-9-7-10-14-22)23-15-11-8-12-16-23/h7-21H,4-6H2,1-3H3. The molecule has 1 aliphatic rings. The minimum Gasteiger partial charge on any atom is -0.494 e. The van der Waals surface area contributed by atoms with Crippen molar-refractivity contribution >= 4 is 0 Å². The van der Waals surface area contributed by atoms with E-state index in [2.05, 4.69) is 84.9 Å². The van der Waals surface area contributed by atoms with Gasteiger partial charge in [-0.25, -0.2) is 0 Å². The smallest absolute Gasteiger partial charge is 0.128 e. The van der Waals surface area contributed by atoms with Crippen LogP contribution in [0.25, 0.3) is 11.1 Å². The molecule has 0 unspecified atom stereocenters. The molecule has 0 amide bonds. The fourth-order valence-corrected chi connectivity index (χ4v) is 5.32. The van der Waals surface area contributed by atoms with E-state index in [0.29, 0.717) is 19.8 Å². The molecule has 3 heteroatoms. The summed E-state index contributed by atoms with van der Waals surface area (Å²) in [6.07, 6.45) is 0. The number of fused-ring (bicyclic) bond motifs is 3. The third-order valence-electron chi connectivity index (χ3n) is 6.47. The summed E-state index contributed by atoms with van der Waals surface area (Å²) >= 11 is 0. The van der Waals surface area contributed by atoms with E-state index in [1.165, 1.54) is 16.7 Å². The van der Waals surface area contributed by atoms with Crippen LogP contribution in [-0.2, 0) is 5.41 Å². The Morgan fingerprint density at radius 2 is 1.12 bits per heavy atom. The third kappa shape index (κ3) is 3.43. The maximum atomic E-state index is 6.33. The summed E-state index contributed by atoms with van der Waals surface area (Å²) in [4.78, 5) is 0. The highest BCUT2D eigenvalue weighted by molar-refractivity contribution is 5.89. The zero-order valence-electron chi connectivity index (χ0n) is 20.0. The first-order chi connectivity index (χ1) is 16.7. The molecule has 172 valence electrons. The summed E-state index contributed by atoms with van der Waals surface area (Å²) in [5.41, 5.74) is 6.53. The molecule has 5 rings (SSSR count). The van der Waals surface area contributed by atoms with Gasteiger partial charge in [-0.3, -0.25) is 0 Å². The molecular formula is C31H30O3. The molecule has 34 heavy (non-hydrogen) atoms. The van der Waals surface area contributed by atoms with Gasteiger partial charge in [-0.05, 0) is 66.8 Å². The highest BCUT2D eigenvalue weighted by atomic mass is 16.5. The molecule has 0 aromatic heterocycles. The summed E-state index contributed by atoms with van der Waals surface area (Å²) in [5, 5.41) is 0. The first kappa shape index (κ1) is 22.1. The summed E-state index contributed by atoms with van der Waals surface area (Å²) < 4.78 is 18.2. The van der Waals surface area contributed by atoms with Gasteiger partial charge < -0.3 is 14.2 Å². The number of benzene rings is 4. The highest BCUT2D eigenvalue weighted by Crippen LogP contribution is 2.60. The van der Waals surface area contributed by atoms with Crippen LogP contribution in [0, 0.1) is 0 Å². The zero-order valence-corrected chi connectivity index (χ0v) is 20.0. The Morgan fingerprint density at radius 1 is 0.559 bits per heavy atom. The molecule has 0 N–H and O–H groups in total. The van der Waals surface area contributed by atoms with Crippen molar-refractivity contribution in [3.8, 4) is 28.4 Å². The van der Waals surface area contributed by atoms with Gasteiger partial charge in [0, 0.05) is 11.6 Å². The Balaban J connectivity index is 1.94. The minimum atomic E-state index is -0.521. The minimum absolute atomic E-state index is 0.521. The van der Waals surface area contributed by atoms with E-state index >= 15 is 0 Å². The van der Waals surface area contributed by atoms with Crippen molar-refractivity contribution in [3.63, 3.8) is 0 Å². The van der Waals surface area contributed by atoms with Crippen molar-refractivity contribution in [1.29, 1.82) is 0 Å². The predicted octanol–water partition coefficient (Wildman–Crippen LogP) is 7.25. The van der Waals surface area contributed by atoms with Crippen LogP contribution in [0.5, 0.6) is 17.2 Å². The van der Waals surface area contributed by atoms with Gasteiger partial charge >= 0.3 is 0 Å².